The van der Waals surface area contributed by atoms with Gasteiger partial charge in [0, 0.05) is 35.2 Å². The Labute approximate surface area is 140 Å². The van der Waals surface area contributed by atoms with Crippen LogP contribution in [0.1, 0.15) is 32.6 Å². The van der Waals surface area contributed by atoms with Gasteiger partial charge in [0.2, 0.25) is 0 Å². The zero-order valence-electron chi connectivity index (χ0n) is 14.1. The van der Waals surface area contributed by atoms with Crippen molar-refractivity contribution in [3.8, 4) is 0 Å². The molecule has 7 heteroatoms. The molecule has 1 heterocycles. The third-order valence-electron chi connectivity index (χ3n) is 5.44. The summed E-state index contributed by atoms with van der Waals surface area (Å²) >= 11 is 0. The first-order valence-corrected chi connectivity index (χ1v) is 14.2. The fourth-order valence-corrected chi connectivity index (χ4v) is 15.9. The molecule has 0 N–H and O–H groups in total. The Morgan fingerprint density at radius 3 is 2.05 bits per heavy atom. The highest BCUT2D eigenvalue weighted by Gasteiger charge is 2.45. The molecular weight excluding hydrogens is 337 g/mol. The Kier molecular flexibility index (Phi) is 11.0. The van der Waals surface area contributed by atoms with Gasteiger partial charge in [-0.1, -0.05) is 18.1 Å². The van der Waals surface area contributed by atoms with Crippen molar-refractivity contribution in [1.29, 1.82) is 0 Å². The summed E-state index contributed by atoms with van der Waals surface area (Å²) in [6.45, 7) is 2.42. The molecule has 1 nitrogen and oxygen atoms in total. The topological polar surface area (TPSA) is 9.23 Å². The van der Waals surface area contributed by atoms with E-state index in [0.29, 0.717) is 30.0 Å². The predicted molar refractivity (Wildman–Crippen MR) is 98.3 cm³/mol. The van der Waals surface area contributed by atoms with Crippen LogP contribution < -0.4 is 0 Å². The number of halogens is 3. The molecule has 2 unspecified atom stereocenters. The third-order valence-corrected chi connectivity index (χ3v) is 17.4. The molecule has 1 rings (SSSR count). The zero-order chi connectivity index (χ0) is 16.3. The molecular formula is C15H33F3OSi3. The van der Waals surface area contributed by atoms with Crippen LogP contribution in [-0.2, 0) is 4.74 Å². The molecule has 2 atom stereocenters. The summed E-state index contributed by atoms with van der Waals surface area (Å²) in [6, 6.07) is 3.20. The number of alkyl halides is 3. The van der Waals surface area contributed by atoms with Crippen LogP contribution in [0.5, 0.6) is 0 Å². The standard InChI is InChI=1S/C15H33F3OSi3/c1-13-15(21-11-3-7-17,22-12-4-8-18)14(5-9-19-13)20-10-2-6-16/h13-14H,2-12,20-22H2,1H3. The molecule has 0 aliphatic carbocycles. The quantitative estimate of drug-likeness (QED) is 0.379. The van der Waals surface area contributed by atoms with E-state index < -0.39 is 19.0 Å². The zero-order valence-corrected chi connectivity index (χ0v) is 18.3. The summed E-state index contributed by atoms with van der Waals surface area (Å²) in [4.78, 5) is 0. The van der Waals surface area contributed by atoms with Crippen LogP contribution in [0.15, 0.2) is 0 Å². The van der Waals surface area contributed by atoms with E-state index in [-0.39, 0.29) is 29.5 Å². The van der Waals surface area contributed by atoms with Crippen LogP contribution in [-0.4, -0.2) is 61.3 Å². The van der Waals surface area contributed by atoms with Gasteiger partial charge in [0.1, 0.15) is 0 Å². The normalized spacial score (nSPS) is 30.5. The van der Waals surface area contributed by atoms with E-state index in [0.717, 1.165) is 36.7 Å². The van der Waals surface area contributed by atoms with Gasteiger partial charge in [0.15, 0.2) is 0 Å². The van der Waals surface area contributed by atoms with Gasteiger partial charge < -0.3 is 4.74 Å². The average molecular weight is 371 g/mol. The predicted octanol–water partition coefficient (Wildman–Crippen LogP) is 2.54. The summed E-state index contributed by atoms with van der Waals surface area (Å²) in [5, 5.41) is 0. The first-order valence-electron chi connectivity index (χ1n) is 9.00. The van der Waals surface area contributed by atoms with Crippen molar-refractivity contribution in [2.45, 2.75) is 67.0 Å². The van der Waals surface area contributed by atoms with Crippen molar-refractivity contribution >= 4 is 28.6 Å². The van der Waals surface area contributed by atoms with E-state index in [1.54, 1.807) is 0 Å². The molecule has 0 aromatic carbocycles. The molecule has 0 aromatic heterocycles. The van der Waals surface area contributed by atoms with Crippen molar-refractivity contribution in [3.63, 3.8) is 0 Å². The van der Waals surface area contributed by atoms with Crippen molar-refractivity contribution in [3.05, 3.63) is 0 Å². The van der Waals surface area contributed by atoms with Crippen LogP contribution in [0.3, 0.4) is 0 Å². The Bertz CT molecular complexity index is 275. The van der Waals surface area contributed by atoms with Crippen LogP contribution >= 0.6 is 0 Å². The Morgan fingerprint density at radius 2 is 1.50 bits per heavy atom. The summed E-state index contributed by atoms with van der Waals surface area (Å²) in [5.74, 6) is 0. The lowest BCUT2D eigenvalue weighted by molar-refractivity contribution is 0.0159. The maximum absolute atomic E-state index is 12.5. The fraction of sp³-hybridized carbons (Fsp3) is 1.00. The SMILES string of the molecule is CC1OCCC([SiH2]CCCF)C1([SiH2]CCCF)[SiH2]CCCF. The molecule has 0 bridgehead atoms. The van der Waals surface area contributed by atoms with Crippen LogP contribution in [0.2, 0.25) is 28.3 Å². The molecule has 0 radical (unpaired) electrons. The van der Waals surface area contributed by atoms with Gasteiger partial charge >= 0.3 is 0 Å². The van der Waals surface area contributed by atoms with E-state index in [2.05, 4.69) is 6.92 Å². The Balaban J connectivity index is 2.75. The highest BCUT2D eigenvalue weighted by molar-refractivity contribution is 6.66. The second kappa shape index (κ2) is 11.9. The van der Waals surface area contributed by atoms with Crippen LogP contribution in [0.25, 0.3) is 0 Å². The molecule has 1 aliphatic rings. The van der Waals surface area contributed by atoms with E-state index >= 15 is 0 Å². The summed E-state index contributed by atoms with van der Waals surface area (Å²) in [5.41, 5.74) is 0.764. The van der Waals surface area contributed by atoms with E-state index in [1.807, 2.05) is 0 Å². The van der Waals surface area contributed by atoms with Gasteiger partial charge in [-0.05, 0) is 42.8 Å². The molecule has 0 spiro atoms. The summed E-state index contributed by atoms with van der Waals surface area (Å²) < 4.78 is 43.9. The molecule has 132 valence electrons. The van der Waals surface area contributed by atoms with Crippen molar-refractivity contribution in [2.24, 2.45) is 0 Å². The Hall–Kier alpha value is 0.401. The lowest BCUT2D eigenvalue weighted by atomic mass is 10.1. The van der Waals surface area contributed by atoms with Crippen molar-refractivity contribution in [1.82, 2.24) is 0 Å². The van der Waals surface area contributed by atoms with Gasteiger partial charge in [-0.3, -0.25) is 13.2 Å². The smallest absolute Gasteiger partial charge is 0.0891 e. The Morgan fingerprint density at radius 1 is 0.955 bits per heavy atom. The second-order valence-electron chi connectivity index (χ2n) is 6.71. The maximum Gasteiger partial charge on any atom is 0.0891 e. The minimum absolute atomic E-state index is 0.197. The largest absolute Gasteiger partial charge is 0.379 e. The number of hydrogen-bond acceptors (Lipinski definition) is 1. The lowest BCUT2D eigenvalue weighted by Gasteiger charge is -2.49. The molecule has 0 aromatic rings. The number of hydrogen-bond donors (Lipinski definition) is 0. The van der Waals surface area contributed by atoms with Gasteiger partial charge in [-0.2, -0.15) is 0 Å². The molecule has 1 aliphatic heterocycles. The highest BCUT2D eigenvalue weighted by atomic mass is 28.3. The molecule has 0 saturated carbocycles. The summed E-state index contributed by atoms with van der Waals surface area (Å²) in [7, 11) is -1.08. The van der Waals surface area contributed by atoms with Gasteiger partial charge in [0.25, 0.3) is 0 Å². The van der Waals surface area contributed by atoms with Crippen molar-refractivity contribution in [2.75, 3.05) is 26.6 Å². The first-order chi connectivity index (χ1) is 10.7. The van der Waals surface area contributed by atoms with E-state index in [4.69, 9.17) is 4.74 Å². The first kappa shape index (κ1) is 20.4. The molecule has 0 amide bonds. The van der Waals surface area contributed by atoms with Crippen LogP contribution in [0.4, 0.5) is 13.2 Å². The number of rotatable bonds is 12. The minimum atomic E-state index is -0.394. The molecule has 1 fully saturated rings. The second-order valence-corrected chi connectivity index (χ2v) is 15.0. The van der Waals surface area contributed by atoms with Crippen LogP contribution in [0, 0.1) is 0 Å². The average Bonchev–Trinajstić information content (AvgIpc) is 2.52. The fourth-order valence-electron chi connectivity index (χ4n) is 4.13. The highest BCUT2D eigenvalue weighted by Crippen LogP contribution is 2.50. The lowest BCUT2D eigenvalue weighted by Crippen LogP contribution is -2.47. The maximum atomic E-state index is 12.5. The van der Waals surface area contributed by atoms with Gasteiger partial charge in [0.05, 0.1) is 26.1 Å². The van der Waals surface area contributed by atoms with Gasteiger partial charge in [-0.15, -0.1) is 0 Å². The van der Waals surface area contributed by atoms with E-state index in [9.17, 15) is 13.2 Å². The third kappa shape index (κ3) is 6.13. The molecule has 22 heavy (non-hydrogen) atoms. The minimum Gasteiger partial charge on any atom is -0.379 e. The monoisotopic (exact) mass is 370 g/mol. The summed E-state index contributed by atoms with van der Waals surface area (Å²) in [6.07, 6.45) is 3.52. The van der Waals surface area contributed by atoms with E-state index in [1.165, 1.54) is 0 Å². The van der Waals surface area contributed by atoms with Gasteiger partial charge in [-0.25, -0.2) is 0 Å². The number of ether oxygens (including phenoxy) is 1. The van der Waals surface area contributed by atoms with Crippen molar-refractivity contribution < 1.29 is 17.9 Å². The molecule has 1 saturated heterocycles.